The summed E-state index contributed by atoms with van der Waals surface area (Å²) in [6.45, 7) is 0. The predicted molar refractivity (Wildman–Crippen MR) is 274 cm³/mol. The summed E-state index contributed by atoms with van der Waals surface area (Å²) >= 11 is 1.86. The Morgan fingerprint density at radius 2 is 0.766 bits per heavy atom. The van der Waals surface area contributed by atoms with Crippen LogP contribution in [-0.4, -0.2) is 0 Å². The third-order valence-corrected chi connectivity index (χ3v) is 14.4. The summed E-state index contributed by atoms with van der Waals surface area (Å²) < 4.78 is 9.35. The van der Waals surface area contributed by atoms with Gasteiger partial charge in [-0.3, -0.25) is 0 Å². The SMILES string of the molecule is c1ccc(N(c2ccccc2)c2ccc3c4ccc(N5c6ccccc6Oc6cc7c(cc65)sc5cc6c8ccccc8c8ccccc8c6cc57)cc4c4ccccc4c3c2)cc1. The number of thiophene rings is 1. The van der Waals surface area contributed by atoms with Crippen molar-refractivity contribution in [3.8, 4) is 11.5 Å². The van der Waals surface area contributed by atoms with E-state index in [-0.39, 0.29) is 0 Å². The first-order chi connectivity index (χ1) is 31.7. The molecule has 3 nitrogen and oxygen atoms in total. The lowest BCUT2D eigenvalue weighted by Crippen LogP contribution is -2.15. The first-order valence-corrected chi connectivity index (χ1v) is 22.6. The molecule has 0 amide bonds. The zero-order chi connectivity index (χ0) is 41.9. The molecule has 0 atom stereocenters. The number of rotatable bonds is 4. The van der Waals surface area contributed by atoms with Gasteiger partial charge in [-0.05, 0) is 150 Å². The van der Waals surface area contributed by atoms with Crippen LogP contribution in [0.3, 0.4) is 0 Å². The molecule has 0 fully saturated rings. The zero-order valence-corrected chi connectivity index (χ0v) is 35.3. The average Bonchev–Trinajstić information content (AvgIpc) is 3.71. The van der Waals surface area contributed by atoms with Crippen molar-refractivity contribution < 1.29 is 4.74 Å². The molecule has 0 N–H and O–H groups in total. The highest BCUT2D eigenvalue weighted by atomic mass is 32.1. The summed E-state index contributed by atoms with van der Waals surface area (Å²) in [7, 11) is 0. The van der Waals surface area contributed by atoms with E-state index in [2.05, 4.69) is 228 Å². The Bertz CT molecular complexity index is 4000. The minimum absolute atomic E-state index is 0.842. The van der Waals surface area contributed by atoms with Gasteiger partial charge >= 0.3 is 0 Å². The second kappa shape index (κ2) is 13.7. The van der Waals surface area contributed by atoms with Crippen LogP contribution in [0.15, 0.2) is 218 Å². The standard InChI is InChI=1S/C60H36N2OS/c1-3-15-37(16-4-1)61(38-17-5-2-6-18-38)39-27-29-47-48-30-28-40(32-50(48)46-24-12-11-23-45(46)49(47)31-39)62-55-25-13-14-26-57(55)63-58-34-54-53-33-51-43-21-9-7-19-41(43)42-20-8-10-22-44(42)52(51)35-59(53)64-60(54)36-56(58)62/h1-36H. The van der Waals surface area contributed by atoms with Crippen LogP contribution in [0.1, 0.15) is 0 Å². The average molecular weight is 833 g/mol. The van der Waals surface area contributed by atoms with Gasteiger partial charge in [-0.1, -0.05) is 133 Å². The minimum atomic E-state index is 0.842. The Labute approximate surface area is 372 Å². The summed E-state index contributed by atoms with van der Waals surface area (Å²) in [6, 6.07) is 79.6. The predicted octanol–water partition coefficient (Wildman–Crippen LogP) is 18.0. The van der Waals surface area contributed by atoms with Gasteiger partial charge in [-0.15, -0.1) is 11.3 Å². The summed E-state index contributed by atoms with van der Waals surface area (Å²) in [5.41, 5.74) is 6.52. The molecule has 0 saturated heterocycles. The smallest absolute Gasteiger partial charge is 0.152 e. The quantitative estimate of drug-likeness (QED) is 0.164. The fourth-order valence-corrected chi connectivity index (χ4v) is 11.7. The molecule has 1 aliphatic rings. The van der Waals surface area contributed by atoms with E-state index in [1.807, 2.05) is 11.3 Å². The van der Waals surface area contributed by atoms with Crippen molar-refractivity contribution in [1.82, 2.24) is 0 Å². The normalized spacial score (nSPS) is 12.5. The van der Waals surface area contributed by atoms with E-state index in [0.717, 1.165) is 45.6 Å². The molecule has 1 aliphatic heterocycles. The summed E-state index contributed by atoms with van der Waals surface area (Å²) in [4.78, 5) is 4.74. The number of anilines is 6. The van der Waals surface area contributed by atoms with Gasteiger partial charge in [0.05, 0.1) is 11.4 Å². The zero-order valence-electron chi connectivity index (χ0n) is 34.5. The highest BCUT2D eigenvalue weighted by Crippen LogP contribution is 2.54. The molecule has 13 aromatic rings. The molecular formula is C60H36N2OS. The lowest BCUT2D eigenvalue weighted by Gasteiger charge is -2.33. The molecule has 1 aromatic heterocycles. The van der Waals surface area contributed by atoms with E-state index in [1.54, 1.807) is 0 Å². The molecular weight excluding hydrogens is 797 g/mol. The van der Waals surface area contributed by atoms with Crippen LogP contribution in [0.2, 0.25) is 0 Å². The van der Waals surface area contributed by atoms with Crippen molar-refractivity contribution in [2.45, 2.75) is 0 Å². The maximum absolute atomic E-state index is 6.84. The second-order valence-corrected chi connectivity index (χ2v) is 17.9. The molecule has 0 unspecified atom stereocenters. The molecule has 2 heterocycles. The number of hydrogen-bond donors (Lipinski definition) is 0. The number of fused-ring (bicyclic) bond motifs is 17. The van der Waals surface area contributed by atoms with Gasteiger partial charge in [0.2, 0.25) is 0 Å². The topological polar surface area (TPSA) is 15.7 Å². The van der Waals surface area contributed by atoms with Gasteiger partial charge in [-0.2, -0.15) is 0 Å². The first kappa shape index (κ1) is 35.4. The van der Waals surface area contributed by atoms with Crippen molar-refractivity contribution in [3.05, 3.63) is 218 Å². The van der Waals surface area contributed by atoms with Gasteiger partial charge in [0.15, 0.2) is 11.5 Å². The minimum Gasteiger partial charge on any atom is -0.453 e. The van der Waals surface area contributed by atoms with Crippen molar-refractivity contribution in [2.24, 2.45) is 0 Å². The molecule has 0 bridgehead atoms. The van der Waals surface area contributed by atoms with E-state index in [9.17, 15) is 0 Å². The van der Waals surface area contributed by atoms with Gasteiger partial charge in [0.1, 0.15) is 0 Å². The fraction of sp³-hybridized carbons (Fsp3) is 0. The maximum atomic E-state index is 6.84. The molecule has 64 heavy (non-hydrogen) atoms. The molecule has 14 rings (SSSR count). The Kier molecular flexibility index (Phi) is 7.56. The van der Waals surface area contributed by atoms with Crippen LogP contribution in [0.25, 0.3) is 84.8 Å². The monoisotopic (exact) mass is 832 g/mol. The Morgan fingerprint density at radius 3 is 1.41 bits per heavy atom. The third-order valence-electron chi connectivity index (χ3n) is 13.3. The molecule has 298 valence electrons. The van der Waals surface area contributed by atoms with Crippen LogP contribution >= 0.6 is 11.3 Å². The Morgan fingerprint density at radius 1 is 0.297 bits per heavy atom. The largest absolute Gasteiger partial charge is 0.453 e. The van der Waals surface area contributed by atoms with Crippen molar-refractivity contribution in [1.29, 1.82) is 0 Å². The third kappa shape index (κ3) is 5.21. The molecule has 12 aromatic carbocycles. The highest BCUT2D eigenvalue weighted by molar-refractivity contribution is 7.26. The van der Waals surface area contributed by atoms with Crippen molar-refractivity contribution >= 4 is 130 Å². The van der Waals surface area contributed by atoms with Gasteiger partial charge in [0, 0.05) is 42.9 Å². The van der Waals surface area contributed by atoms with Crippen LogP contribution < -0.4 is 14.5 Å². The summed E-state index contributed by atoms with van der Waals surface area (Å²) in [5.74, 6) is 1.70. The van der Waals surface area contributed by atoms with Crippen molar-refractivity contribution in [3.63, 3.8) is 0 Å². The number of ether oxygens (including phenoxy) is 1. The van der Waals surface area contributed by atoms with Crippen LogP contribution in [0.4, 0.5) is 34.1 Å². The van der Waals surface area contributed by atoms with Gasteiger partial charge in [-0.25, -0.2) is 0 Å². The van der Waals surface area contributed by atoms with E-state index in [4.69, 9.17) is 4.74 Å². The number of hydrogen-bond acceptors (Lipinski definition) is 4. The van der Waals surface area contributed by atoms with Crippen molar-refractivity contribution in [2.75, 3.05) is 9.80 Å². The van der Waals surface area contributed by atoms with Gasteiger partial charge < -0.3 is 14.5 Å². The van der Waals surface area contributed by atoms with E-state index < -0.39 is 0 Å². The number of para-hydroxylation sites is 4. The fourth-order valence-electron chi connectivity index (χ4n) is 10.5. The Balaban J connectivity index is 0.961. The Hall–Kier alpha value is -8.18. The first-order valence-electron chi connectivity index (χ1n) is 21.8. The number of benzene rings is 12. The van der Waals surface area contributed by atoms with Crippen LogP contribution in [-0.2, 0) is 0 Å². The molecule has 0 saturated carbocycles. The summed E-state index contributed by atoms with van der Waals surface area (Å²) in [5, 5.41) is 17.6. The second-order valence-electron chi connectivity index (χ2n) is 16.8. The summed E-state index contributed by atoms with van der Waals surface area (Å²) in [6.07, 6.45) is 0. The molecule has 0 radical (unpaired) electrons. The van der Waals surface area contributed by atoms with E-state index in [1.165, 1.54) is 84.8 Å². The maximum Gasteiger partial charge on any atom is 0.152 e. The van der Waals surface area contributed by atoms with E-state index >= 15 is 0 Å². The van der Waals surface area contributed by atoms with Crippen LogP contribution in [0, 0.1) is 0 Å². The molecule has 4 heteroatoms. The highest BCUT2D eigenvalue weighted by Gasteiger charge is 2.28. The lowest BCUT2D eigenvalue weighted by atomic mass is 9.93. The lowest BCUT2D eigenvalue weighted by molar-refractivity contribution is 0.478. The molecule has 0 spiro atoms. The van der Waals surface area contributed by atoms with Crippen LogP contribution in [0.5, 0.6) is 11.5 Å². The number of nitrogens with zero attached hydrogens (tertiary/aromatic N) is 2. The van der Waals surface area contributed by atoms with E-state index in [0.29, 0.717) is 0 Å². The molecule has 0 aliphatic carbocycles. The van der Waals surface area contributed by atoms with Gasteiger partial charge in [0.25, 0.3) is 0 Å².